The molecule has 0 bridgehead atoms. The minimum Gasteiger partial charge on any atom is -0.393 e. The van der Waals surface area contributed by atoms with E-state index in [4.69, 9.17) is 0 Å². The second-order valence-electron chi connectivity index (χ2n) is 4.57. The molecule has 0 aromatic carbocycles. The normalized spacial score (nSPS) is 29.9. The SMILES string of the molecule is CCC1=CC(=O)C=CC1(C)C(C)C(C)O. The number of rotatable bonds is 3. The summed E-state index contributed by atoms with van der Waals surface area (Å²) in [6.07, 6.45) is 5.73. The first-order chi connectivity index (χ1) is 6.91. The van der Waals surface area contributed by atoms with Crippen LogP contribution in [-0.2, 0) is 4.79 Å². The van der Waals surface area contributed by atoms with Crippen LogP contribution in [0, 0.1) is 11.3 Å². The fraction of sp³-hybridized carbons (Fsp3) is 0.615. The Bertz CT molecular complexity index is 312. The van der Waals surface area contributed by atoms with E-state index in [9.17, 15) is 9.90 Å². The van der Waals surface area contributed by atoms with Crippen molar-refractivity contribution in [1.29, 1.82) is 0 Å². The van der Waals surface area contributed by atoms with Crippen LogP contribution in [0.3, 0.4) is 0 Å². The highest BCUT2D eigenvalue weighted by Crippen LogP contribution is 2.42. The summed E-state index contributed by atoms with van der Waals surface area (Å²) < 4.78 is 0. The molecule has 0 aliphatic heterocycles. The number of hydrogen-bond acceptors (Lipinski definition) is 2. The molecule has 0 radical (unpaired) electrons. The van der Waals surface area contributed by atoms with Crippen LogP contribution in [0.25, 0.3) is 0 Å². The molecule has 1 aliphatic carbocycles. The van der Waals surface area contributed by atoms with Gasteiger partial charge < -0.3 is 5.11 Å². The molecule has 1 aliphatic rings. The molecule has 0 aromatic rings. The van der Waals surface area contributed by atoms with E-state index >= 15 is 0 Å². The van der Waals surface area contributed by atoms with Gasteiger partial charge in [0.1, 0.15) is 0 Å². The van der Waals surface area contributed by atoms with Crippen LogP contribution >= 0.6 is 0 Å². The lowest BCUT2D eigenvalue weighted by atomic mass is 9.67. The zero-order valence-electron chi connectivity index (χ0n) is 9.95. The molecule has 0 spiro atoms. The van der Waals surface area contributed by atoms with Gasteiger partial charge in [0.05, 0.1) is 6.10 Å². The summed E-state index contributed by atoms with van der Waals surface area (Å²) in [6.45, 7) is 7.95. The third-order valence-corrected chi connectivity index (χ3v) is 3.65. The maximum Gasteiger partial charge on any atom is 0.178 e. The summed E-state index contributed by atoms with van der Waals surface area (Å²) in [5.74, 6) is 0.176. The molecule has 3 unspecified atom stereocenters. The number of aliphatic hydroxyl groups is 1. The molecule has 84 valence electrons. The van der Waals surface area contributed by atoms with Gasteiger partial charge in [0.15, 0.2) is 5.78 Å². The number of carbonyl (C=O) groups is 1. The second kappa shape index (κ2) is 4.31. The third-order valence-electron chi connectivity index (χ3n) is 3.65. The monoisotopic (exact) mass is 208 g/mol. The largest absolute Gasteiger partial charge is 0.393 e. The van der Waals surface area contributed by atoms with Crippen molar-refractivity contribution in [3.63, 3.8) is 0 Å². The minimum atomic E-state index is -0.372. The molecular weight excluding hydrogens is 188 g/mol. The number of ketones is 1. The molecule has 2 nitrogen and oxygen atoms in total. The van der Waals surface area contributed by atoms with E-state index < -0.39 is 0 Å². The van der Waals surface area contributed by atoms with Gasteiger partial charge in [-0.25, -0.2) is 0 Å². The predicted molar refractivity (Wildman–Crippen MR) is 61.5 cm³/mol. The first-order valence-electron chi connectivity index (χ1n) is 5.54. The molecule has 0 amide bonds. The molecule has 0 aromatic heterocycles. The van der Waals surface area contributed by atoms with Crippen molar-refractivity contribution < 1.29 is 9.90 Å². The molecule has 3 atom stereocenters. The van der Waals surface area contributed by atoms with Crippen LogP contribution in [-0.4, -0.2) is 17.0 Å². The Labute approximate surface area is 91.7 Å². The van der Waals surface area contributed by atoms with Crippen molar-refractivity contribution in [2.24, 2.45) is 11.3 Å². The third kappa shape index (κ3) is 2.20. The summed E-state index contributed by atoms with van der Waals surface area (Å²) in [5, 5.41) is 9.67. The zero-order chi connectivity index (χ0) is 11.6. The van der Waals surface area contributed by atoms with E-state index in [-0.39, 0.29) is 23.2 Å². The van der Waals surface area contributed by atoms with Crippen molar-refractivity contribution in [1.82, 2.24) is 0 Å². The van der Waals surface area contributed by atoms with Crippen LogP contribution in [0.5, 0.6) is 0 Å². The molecular formula is C13H20O2. The fourth-order valence-corrected chi connectivity index (χ4v) is 2.17. The Kier molecular flexibility index (Phi) is 3.50. The zero-order valence-corrected chi connectivity index (χ0v) is 9.95. The minimum absolute atomic E-state index is 0.0575. The average Bonchev–Trinajstić information content (AvgIpc) is 2.20. The van der Waals surface area contributed by atoms with Gasteiger partial charge in [-0.2, -0.15) is 0 Å². The lowest BCUT2D eigenvalue weighted by Gasteiger charge is -2.38. The van der Waals surface area contributed by atoms with E-state index in [1.165, 1.54) is 0 Å². The highest BCUT2D eigenvalue weighted by Gasteiger charge is 2.36. The van der Waals surface area contributed by atoms with E-state index in [2.05, 4.69) is 6.92 Å². The molecule has 15 heavy (non-hydrogen) atoms. The van der Waals surface area contributed by atoms with Gasteiger partial charge in [-0.1, -0.05) is 32.4 Å². The number of carbonyl (C=O) groups excluding carboxylic acids is 1. The highest BCUT2D eigenvalue weighted by atomic mass is 16.3. The highest BCUT2D eigenvalue weighted by molar-refractivity contribution is 6.01. The fourth-order valence-electron chi connectivity index (χ4n) is 2.17. The Morgan fingerprint density at radius 3 is 2.53 bits per heavy atom. The lowest BCUT2D eigenvalue weighted by Crippen LogP contribution is -2.34. The average molecular weight is 208 g/mol. The molecule has 1 rings (SSSR count). The summed E-state index contributed by atoms with van der Waals surface area (Å²) in [5.41, 5.74) is 0.931. The van der Waals surface area contributed by atoms with Gasteiger partial charge in [-0.05, 0) is 31.4 Å². The van der Waals surface area contributed by atoms with Crippen LogP contribution in [0.15, 0.2) is 23.8 Å². The second-order valence-corrected chi connectivity index (χ2v) is 4.57. The quantitative estimate of drug-likeness (QED) is 0.773. The predicted octanol–water partition coefficient (Wildman–Crippen LogP) is 2.48. The van der Waals surface area contributed by atoms with Gasteiger partial charge >= 0.3 is 0 Å². The Hall–Kier alpha value is -0.890. The van der Waals surface area contributed by atoms with Gasteiger partial charge in [-0.3, -0.25) is 4.79 Å². The van der Waals surface area contributed by atoms with E-state index in [1.807, 2.05) is 19.9 Å². The molecule has 0 fully saturated rings. The van der Waals surface area contributed by atoms with Crippen LogP contribution in [0.1, 0.15) is 34.1 Å². The van der Waals surface area contributed by atoms with Crippen LogP contribution in [0.2, 0.25) is 0 Å². The summed E-state index contributed by atoms with van der Waals surface area (Å²) in [4.78, 5) is 11.3. The Morgan fingerprint density at radius 1 is 1.47 bits per heavy atom. The molecule has 0 saturated heterocycles. The first kappa shape index (κ1) is 12.2. The standard InChI is InChI=1S/C13H20O2/c1-5-11-8-12(15)6-7-13(11,4)9(2)10(3)14/h6-10,14H,5H2,1-4H3. The number of hydrogen-bond donors (Lipinski definition) is 1. The number of aliphatic hydroxyl groups excluding tert-OH is 1. The van der Waals surface area contributed by atoms with Crippen LogP contribution < -0.4 is 0 Å². The van der Waals surface area contributed by atoms with Crippen molar-refractivity contribution >= 4 is 5.78 Å². The first-order valence-corrected chi connectivity index (χ1v) is 5.54. The van der Waals surface area contributed by atoms with Gasteiger partial charge in [0, 0.05) is 5.41 Å². The smallest absolute Gasteiger partial charge is 0.178 e. The van der Waals surface area contributed by atoms with E-state index in [0.29, 0.717) is 0 Å². The molecule has 2 heteroatoms. The van der Waals surface area contributed by atoms with Crippen LogP contribution in [0.4, 0.5) is 0 Å². The van der Waals surface area contributed by atoms with Gasteiger partial charge in [0.25, 0.3) is 0 Å². The van der Waals surface area contributed by atoms with Crippen molar-refractivity contribution in [3.8, 4) is 0 Å². The number of allylic oxidation sites excluding steroid dienone is 4. The van der Waals surface area contributed by atoms with Gasteiger partial charge in [-0.15, -0.1) is 0 Å². The molecule has 0 heterocycles. The Morgan fingerprint density at radius 2 is 2.07 bits per heavy atom. The van der Waals surface area contributed by atoms with E-state index in [0.717, 1.165) is 12.0 Å². The molecule has 1 N–H and O–H groups in total. The van der Waals surface area contributed by atoms with Crippen molar-refractivity contribution in [2.45, 2.75) is 40.2 Å². The topological polar surface area (TPSA) is 37.3 Å². The maximum absolute atomic E-state index is 11.3. The molecule has 0 saturated carbocycles. The van der Waals surface area contributed by atoms with Crippen molar-refractivity contribution in [3.05, 3.63) is 23.8 Å². The lowest BCUT2D eigenvalue weighted by molar-refractivity contribution is -0.110. The van der Waals surface area contributed by atoms with Crippen molar-refractivity contribution in [2.75, 3.05) is 0 Å². The van der Waals surface area contributed by atoms with E-state index in [1.54, 1.807) is 19.1 Å². The summed E-state index contributed by atoms with van der Waals surface area (Å²) in [6, 6.07) is 0. The maximum atomic E-state index is 11.3. The summed E-state index contributed by atoms with van der Waals surface area (Å²) >= 11 is 0. The Balaban J connectivity index is 3.06. The van der Waals surface area contributed by atoms with Gasteiger partial charge in [0.2, 0.25) is 0 Å². The summed E-state index contributed by atoms with van der Waals surface area (Å²) in [7, 11) is 0.